The molecule has 0 amide bonds. The molecule has 0 N–H and O–H groups in total. The van der Waals surface area contributed by atoms with Crippen molar-refractivity contribution < 1.29 is 4.74 Å². The van der Waals surface area contributed by atoms with Crippen molar-refractivity contribution in [3.05, 3.63) is 29.3 Å². The summed E-state index contributed by atoms with van der Waals surface area (Å²) in [5.74, 6) is 2.91. The van der Waals surface area contributed by atoms with E-state index in [0.29, 0.717) is 0 Å². The fourth-order valence-corrected chi connectivity index (χ4v) is 5.63. The SMILES string of the molecule is CCCCCc1nnc(-c2ccc(OCCCC3CCC(CCCCC)CC3)cc2)s1. The minimum absolute atomic E-state index is 0.830. The van der Waals surface area contributed by atoms with Gasteiger partial charge >= 0.3 is 0 Å². The molecule has 0 spiro atoms. The van der Waals surface area contributed by atoms with Gasteiger partial charge in [-0.05, 0) is 55.4 Å². The van der Waals surface area contributed by atoms with Crippen LogP contribution in [-0.2, 0) is 6.42 Å². The monoisotopic (exact) mass is 442 g/mol. The fraction of sp³-hybridized carbons (Fsp3) is 0.704. The van der Waals surface area contributed by atoms with Crippen LogP contribution in [0, 0.1) is 11.8 Å². The highest BCUT2D eigenvalue weighted by molar-refractivity contribution is 7.14. The molecule has 1 aromatic heterocycles. The summed E-state index contributed by atoms with van der Waals surface area (Å²) in [6.45, 7) is 5.36. The number of rotatable bonds is 14. The van der Waals surface area contributed by atoms with E-state index in [0.717, 1.165) is 46.2 Å². The number of benzene rings is 1. The van der Waals surface area contributed by atoms with Crippen molar-refractivity contribution in [1.29, 1.82) is 0 Å². The van der Waals surface area contributed by atoms with Gasteiger partial charge in [-0.3, -0.25) is 0 Å². The van der Waals surface area contributed by atoms with Crippen LogP contribution in [0.1, 0.15) is 102 Å². The van der Waals surface area contributed by atoms with E-state index in [9.17, 15) is 0 Å². The predicted molar refractivity (Wildman–Crippen MR) is 133 cm³/mol. The lowest BCUT2D eigenvalue weighted by Gasteiger charge is -2.28. The smallest absolute Gasteiger partial charge is 0.147 e. The van der Waals surface area contributed by atoms with Gasteiger partial charge in [0.15, 0.2) is 0 Å². The second-order valence-electron chi connectivity index (χ2n) is 9.36. The third-order valence-electron chi connectivity index (χ3n) is 6.77. The largest absolute Gasteiger partial charge is 0.494 e. The molecule has 3 rings (SSSR count). The van der Waals surface area contributed by atoms with E-state index in [1.807, 2.05) is 0 Å². The first-order valence-corrected chi connectivity index (χ1v) is 13.7. The van der Waals surface area contributed by atoms with Gasteiger partial charge in [-0.25, -0.2) is 0 Å². The van der Waals surface area contributed by atoms with Crippen molar-refractivity contribution in [3.63, 3.8) is 0 Å². The molecule has 0 bridgehead atoms. The zero-order chi connectivity index (χ0) is 21.7. The van der Waals surface area contributed by atoms with E-state index in [2.05, 4.69) is 48.3 Å². The first-order valence-electron chi connectivity index (χ1n) is 12.8. The van der Waals surface area contributed by atoms with Crippen LogP contribution in [0.4, 0.5) is 0 Å². The van der Waals surface area contributed by atoms with Crippen molar-refractivity contribution in [2.75, 3.05) is 6.61 Å². The third kappa shape index (κ3) is 8.56. The average Bonchev–Trinajstić information content (AvgIpc) is 3.27. The van der Waals surface area contributed by atoms with Crippen molar-refractivity contribution in [2.24, 2.45) is 11.8 Å². The fourth-order valence-electron chi connectivity index (χ4n) is 4.75. The summed E-state index contributed by atoms with van der Waals surface area (Å²) in [6.07, 6.45) is 18.7. The van der Waals surface area contributed by atoms with Crippen molar-refractivity contribution in [3.8, 4) is 16.3 Å². The van der Waals surface area contributed by atoms with Gasteiger partial charge in [0.25, 0.3) is 0 Å². The third-order valence-corrected chi connectivity index (χ3v) is 7.80. The van der Waals surface area contributed by atoms with E-state index < -0.39 is 0 Å². The maximum Gasteiger partial charge on any atom is 0.147 e. The maximum absolute atomic E-state index is 6.01. The molecule has 0 aliphatic heterocycles. The molecule has 172 valence electrons. The number of nitrogens with zero attached hydrogens (tertiary/aromatic N) is 2. The van der Waals surface area contributed by atoms with Gasteiger partial charge in [0.1, 0.15) is 15.8 Å². The second-order valence-corrected chi connectivity index (χ2v) is 10.4. The van der Waals surface area contributed by atoms with Gasteiger partial charge in [-0.15, -0.1) is 10.2 Å². The number of aromatic nitrogens is 2. The molecular formula is C27H42N2OS. The van der Waals surface area contributed by atoms with Crippen molar-refractivity contribution in [1.82, 2.24) is 10.2 Å². The van der Waals surface area contributed by atoms with E-state index in [-0.39, 0.29) is 0 Å². The summed E-state index contributed by atoms with van der Waals surface area (Å²) in [6, 6.07) is 8.39. The Bertz CT molecular complexity index is 719. The van der Waals surface area contributed by atoms with Gasteiger partial charge in [-0.2, -0.15) is 0 Å². The highest BCUT2D eigenvalue weighted by atomic mass is 32.1. The molecule has 1 aliphatic rings. The molecule has 4 heteroatoms. The topological polar surface area (TPSA) is 35.0 Å². The van der Waals surface area contributed by atoms with Gasteiger partial charge in [0.05, 0.1) is 6.61 Å². The predicted octanol–water partition coefficient (Wildman–Crippen LogP) is 8.48. The Morgan fingerprint density at radius 3 is 2.13 bits per heavy atom. The lowest BCUT2D eigenvalue weighted by Crippen LogP contribution is -2.15. The van der Waals surface area contributed by atoms with E-state index in [4.69, 9.17) is 4.74 Å². The molecule has 1 heterocycles. The molecule has 1 aliphatic carbocycles. The Labute approximate surface area is 194 Å². The Hall–Kier alpha value is -1.42. The van der Waals surface area contributed by atoms with Gasteiger partial charge in [0, 0.05) is 12.0 Å². The van der Waals surface area contributed by atoms with E-state index in [1.165, 1.54) is 83.5 Å². The van der Waals surface area contributed by atoms with E-state index in [1.54, 1.807) is 11.3 Å². The van der Waals surface area contributed by atoms with E-state index >= 15 is 0 Å². The Balaban J connectivity index is 1.31. The zero-order valence-electron chi connectivity index (χ0n) is 19.8. The summed E-state index contributed by atoms with van der Waals surface area (Å²) >= 11 is 1.72. The first-order chi connectivity index (χ1) is 15.3. The Kier molecular flexibility index (Phi) is 10.8. The molecule has 31 heavy (non-hydrogen) atoms. The number of ether oxygens (including phenoxy) is 1. The Morgan fingerprint density at radius 2 is 1.45 bits per heavy atom. The summed E-state index contributed by atoms with van der Waals surface area (Å²) in [5, 5.41) is 10.9. The molecule has 1 aromatic carbocycles. The summed E-state index contributed by atoms with van der Waals surface area (Å²) in [5.41, 5.74) is 1.14. The Morgan fingerprint density at radius 1 is 0.806 bits per heavy atom. The molecule has 2 aromatic rings. The maximum atomic E-state index is 6.01. The quantitative estimate of drug-likeness (QED) is 0.275. The van der Waals surface area contributed by atoms with Gasteiger partial charge in [-0.1, -0.05) is 89.4 Å². The highest BCUT2D eigenvalue weighted by Gasteiger charge is 2.20. The van der Waals surface area contributed by atoms with Crippen molar-refractivity contribution >= 4 is 11.3 Å². The number of hydrogen-bond donors (Lipinski definition) is 0. The number of unbranched alkanes of at least 4 members (excludes halogenated alkanes) is 4. The average molecular weight is 443 g/mol. The molecule has 1 fully saturated rings. The molecule has 0 atom stereocenters. The molecule has 1 saturated carbocycles. The van der Waals surface area contributed by atoms with Crippen LogP contribution in [0.15, 0.2) is 24.3 Å². The molecular weight excluding hydrogens is 400 g/mol. The molecule has 0 saturated heterocycles. The summed E-state index contributed by atoms with van der Waals surface area (Å²) in [4.78, 5) is 0. The first kappa shape index (κ1) is 24.2. The number of hydrogen-bond acceptors (Lipinski definition) is 4. The van der Waals surface area contributed by atoms with Crippen LogP contribution in [0.5, 0.6) is 5.75 Å². The van der Waals surface area contributed by atoms with Crippen LogP contribution in [0.3, 0.4) is 0 Å². The summed E-state index contributed by atoms with van der Waals surface area (Å²) in [7, 11) is 0. The summed E-state index contributed by atoms with van der Waals surface area (Å²) < 4.78 is 6.01. The zero-order valence-corrected chi connectivity index (χ0v) is 20.6. The normalized spacial score (nSPS) is 18.9. The molecule has 0 radical (unpaired) electrons. The van der Waals surface area contributed by atoms with Crippen LogP contribution in [0.25, 0.3) is 10.6 Å². The minimum Gasteiger partial charge on any atom is -0.494 e. The highest BCUT2D eigenvalue weighted by Crippen LogP contribution is 2.34. The van der Waals surface area contributed by atoms with Gasteiger partial charge in [0.2, 0.25) is 0 Å². The van der Waals surface area contributed by atoms with Crippen LogP contribution < -0.4 is 4.74 Å². The molecule has 0 unspecified atom stereocenters. The standard InChI is InChI=1S/C27H42N2OS/c1-3-5-7-10-22-13-15-23(16-14-22)11-9-21-30-25-19-17-24(18-20-25)27-29-28-26(31-27)12-8-6-4-2/h17-20,22-23H,3-16,21H2,1-2H3. The van der Waals surface area contributed by atoms with Gasteiger partial charge < -0.3 is 4.74 Å². The number of aryl methyl sites for hydroxylation is 1. The molecule has 3 nitrogen and oxygen atoms in total. The van der Waals surface area contributed by atoms with Crippen molar-refractivity contribution in [2.45, 2.75) is 104 Å². The van der Waals surface area contributed by atoms with Crippen LogP contribution in [0.2, 0.25) is 0 Å². The van der Waals surface area contributed by atoms with Crippen LogP contribution >= 0.6 is 11.3 Å². The lowest BCUT2D eigenvalue weighted by molar-refractivity contribution is 0.228. The van der Waals surface area contributed by atoms with Crippen LogP contribution in [-0.4, -0.2) is 16.8 Å². The second kappa shape index (κ2) is 13.9. The lowest BCUT2D eigenvalue weighted by atomic mass is 9.78. The minimum atomic E-state index is 0.830.